The highest BCUT2D eigenvalue weighted by Crippen LogP contribution is 2.34. The van der Waals surface area contributed by atoms with Gasteiger partial charge in [0.15, 0.2) is 0 Å². The number of nitrogens with one attached hydrogen (secondary N) is 1. The lowest BCUT2D eigenvalue weighted by atomic mass is 9.83. The summed E-state index contributed by atoms with van der Waals surface area (Å²) in [6.45, 7) is 2.57. The van der Waals surface area contributed by atoms with Gasteiger partial charge < -0.3 is 13.9 Å². The van der Waals surface area contributed by atoms with Crippen molar-refractivity contribution in [3.63, 3.8) is 0 Å². The van der Waals surface area contributed by atoms with Crippen LogP contribution in [0.4, 0.5) is 0 Å². The van der Waals surface area contributed by atoms with E-state index in [1.54, 1.807) is 28.6 Å². The van der Waals surface area contributed by atoms with Crippen LogP contribution in [0.1, 0.15) is 48.8 Å². The molecule has 1 aliphatic carbocycles. The molecule has 4 rings (SSSR count). The summed E-state index contributed by atoms with van der Waals surface area (Å²) in [4.78, 5) is 13.0. The molecule has 176 valence electrons. The Balaban J connectivity index is 1.45. The van der Waals surface area contributed by atoms with E-state index in [9.17, 15) is 9.35 Å². The Kier molecular flexibility index (Phi) is 8.03. The zero-order valence-corrected chi connectivity index (χ0v) is 20.0. The molecule has 0 saturated heterocycles. The van der Waals surface area contributed by atoms with Gasteiger partial charge >= 0.3 is 0 Å². The van der Waals surface area contributed by atoms with E-state index in [0.717, 1.165) is 31.4 Å². The van der Waals surface area contributed by atoms with Gasteiger partial charge in [-0.3, -0.25) is 4.79 Å². The molecule has 0 radical (unpaired) electrons. The van der Waals surface area contributed by atoms with Crippen molar-refractivity contribution in [1.82, 2.24) is 19.1 Å². The first-order valence-corrected chi connectivity index (χ1v) is 13.0. The van der Waals surface area contributed by atoms with Crippen molar-refractivity contribution in [3.8, 4) is 5.69 Å². The summed E-state index contributed by atoms with van der Waals surface area (Å²) < 4.78 is 24.4. The molecule has 1 aliphatic rings. The maximum atomic E-state index is 13.0. The zero-order chi connectivity index (χ0) is 23.2. The first kappa shape index (κ1) is 23.8. The largest absolute Gasteiger partial charge is 0.598 e. The maximum Gasteiger partial charge on any atom is 0.253 e. The van der Waals surface area contributed by atoms with E-state index in [2.05, 4.69) is 40.2 Å². The third kappa shape index (κ3) is 6.14. The molecule has 1 N–H and O–H groups in total. The molecule has 2 unspecified atom stereocenters. The molecule has 0 spiro atoms. The SMILES string of the molecule is Cc1cc(-n2cccn2)cn(C(CN[S+](C)[O-])CO[C@H]2CC[C@@H](c3ccccc3)CC2)c1=O. The van der Waals surface area contributed by atoms with Crippen LogP contribution in [0.2, 0.25) is 0 Å². The predicted molar refractivity (Wildman–Crippen MR) is 131 cm³/mol. The molecule has 2 heterocycles. The predicted octanol–water partition coefficient (Wildman–Crippen LogP) is 3.51. The van der Waals surface area contributed by atoms with Crippen LogP contribution in [0.15, 0.2) is 65.8 Å². The summed E-state index contributed by atoms with van der Waals surface area (Å²) in [5.74, 6) is 0.585. The van der Waals surface area contributed by atoms with Crippen LogP contribution in [0.25, 0.3) is 5.69 Å². The van der Waals surface area contributed by atoms with Crippen LogP contribution in [0.3, 0.4) is 0 Å². The van der Waals surface area contributed by atoms with E-state index < -0.39 is 11.4 Å². The fourth-order valence-electron chi connectivity index (χ4n) is 4.53. The van der Waals surface area contributed by atoms with E-state index in [4.69, 9.17) is 4.74 Å². The lowest BCUT2D eigenvalue weighted by Gasteiger charge is -2.30. The molecule has 2 atom stereocenters. The van der Waals surface area contributed by atoms with Gasteiger partial charge in [0, 0.05) is 35.5 Å². The van der Waals surface area contributed by atoms with Crippen LogP contribution in [-0.2, 0) is 16.1 Å². The average molecular weight is 469 g/mol. The van der Waals surface area contributed by atoms with Crippen LogP contribution in [0.5, 0.6) is 0 Å². The minimum Gasteiger partial charge on any atom is -0.598 e. The van der Waals surface area contributed by atoms with E-state index >= 15 is 0 Å². The molecule has 3 aromatic rings. The fraction of sp³-hybridized carbons (Fsp3) is 0.440. The van der Waals surface area contributed by atoms with E-state index in [1.165, 1.54) is 5.56 Å². The Morgan fingerprint density at radius 1 is 1.21 bits per heavy atom. The lowest BCUT2D eigenvalue weighted by molar-refractivity contribution is 0.00734. The van der Waals surface area contributed by atoms with Crippen LogP contribution >= 0.6 is 0 Å². The van der Waals surface area contributed by atoms with Gasteiger partial charge in [-0.25, -0.2) is 4.68 Å². The van der Waals surface area contributed by atoms with E-state index in [1.807, 2.05) is 24.5 Å². The molecule has 2 aromatic heterocycles. The minimum atomic E-state index is -1.18. The molecule has 1 saturated carbocycles. The molecule has 0 bridgehead atoms. The van der Waals surface area contributed by atoms with Crippen LogP contribution in [0, 0.1) is 6.92 Å². The lowest BCUT2D eigenvalue weighted by Crippen LogP contribution is -2.38. The topological polar surface area (TPSA) is 84.1 Å². The summed E-state index contributed by atoms with van der Waals surface area (Å²) >= 11 is -1.18. The molecular weight excluding hydrogens is 436 g/mol. The second kappa shape index (κ2) is 11.2. The van der Waals surface area contributed by atoms with Gasteiger partial charge in [0.25, 0.3) is 5.56 Å². The highest BCUT2D eigenvalue weighted by Gasteiger charge is 2.25. The second-order valence-electron chi connectivity index (χ2n) is 8.72. The van der Waals surface area contributed by atoms with Gasteiger partial charge in [-0.2, -0.15) is 5.10 Å². The van der Waals surface area contributed by atoms with Crippen molar-refractivity contribution in [3.05, 3.63) is 82.5 Å². The number of rotatable bonds is 9. The third-order valence-corrected chi connectivity index (χ3v) is 6.93. The maximum absolute atomic E-state index is 13.0. The number of ether oxygens (including phenoxy) is 1. The average Bonchev–Trinajstić information content (AvgIpc) is 3.37. The van der Waals surface area contributed by atoms with Gasteiger partial charge in [-0.1, -0.05) is 30.3 Å². The van der Waals surface area contributed by atoms with Gasteiger partial charge in [0.1, 0.15) is 6.26 Å². The number of aryl methyl sites for hydroxylation is 1. The standard InChI is InChI=1S/C25H32N4O3S/c1-19-15-22(29-14-6-13-26-29)17-28(25(19)30)23(16-27-33(2)31)18-32-24-11-9-21(10-12-24)20-7-4-3-5-8-20/h3-8,13-15,17,21,23-24,27H,9-12,16,18H2,1-2H3/t21-,23?,24+,33?. The molecule has 33 heavy (non-hydrogen) atoms. The molecule has 0 aliphatic heterocycles. The Morgan fingerprint density at radius 3 is 2.64 bits per heavy atom. The summed E-state index contributed by atoms with van der Waals surface area (Å²) in [7, 11) is 0. The first-order valence-electron chi connectivity index (χ1n) is 11.5. The highest BCUT2D eigenvalue weighted by atomic mass is 32.2. The highest BCUT2D eigenvalue weighted by molar-refractivity contribution is 7.88. The minimum absolute atomic E-state index is 0.0732. The van der Waals surface area contributed by atoms with E-state index in [0.29, 0.717) is 24.6 Å². The van der Waals surface area contributed by atoms with Crippen molar-refractivity contribution < 1.29 is 9.29 Å². The number of hydrogen-bond donors (Lipinski definition) is 1. The van der Waals surface area contributed by atoms with Gasteiger partial charge in [0.2, 0.25) is 0 Å². The van der Waals surface area contributed by atoms with Gasteiger partial charge in [-0.15, -0.1) is 4.72 Å². The Labute approximate surface area is 198 Å². The molecule has 7 nitrogen and oxygen atoms in total. The molecule has 1 aromatic carbocycles. The van der Waals surface area contributed by atoms with Crippen LogP contribution in [-0.4, -0.2) is 44.4 Å². The van der Waals surface area contributed by atoms with Gasteiger partial charge in [-0.05, 0) is 56.2 Å². The molecular formula is C25H32N4O3S. The summed E-state index contributed by atoms with van der Waals surface area (Å²) in [6.07, 6.45) is 11.3. The normalized spacial score (nSPS) is 20.5. The summed E-state index contributed by atoms with van der Waals surface area (Å²) in [5, 5.41) is 4.29. The number of hydrogen-bond acceptors (Lipinski definition) is 5. The Hall–Kier alpha value is -2.39. The Bertz CT molecular complexity index is 1060. The van der Waals surface area contributed by atoms with Gasteiger partial charge in [0.05, 0.1) is 31.0 Å². The smallest absolute Gasteiger partial charge is 0.253 e. The van der Waals surface area contributed by atoms with E-state index in [-0.39, 0.29) is 17.7 Å². The zero-order valence-electron chi connectivity index (χ0n) is 19.2. The second-order valence-corrected chi connectivity index (χ2v) is 9.92. The monoisotopic (exact) mass is 468 g/mol. The molecule has 8 heteroatoms. The van der Waals surface area contributed by atoms with Crippen molar-refractivity contribution >= 4 is 11.4 Å². The Morgan fingerprint density at radius 2 is 1.97 bits per heavy atom. The van der Waals surface area contributed by atoms with Crippen molar-refractivity contribution in [2.75, 3.05) is 19.4 Å². The summed E-state index contributed by atoms with van der Waals surface area (Å²) in [6, 6.07) is 14.1. The number of pyridine rings is 1. The number of nitrogens with zero attached hydrogens (tertiary/aromatic N) is 3. The third-order valence-electron chi connectivity index (χ3n) is 6.36. The quantitative estimate of drug-likeness (QED) is 0.486. The number of benzene rings is 1. The summed E-state index contributed by atoms with van der Waals surface area (Å²) in [5.41, 5.74) is 2.77. The van der Waals surface area contributed by atoms with Crippen molar-refractivity contribution in [1.29, 1.82) is 0 Å². The van der Waals surface area contributed by atoms with Crippen molar-refractivity contribution in [2.24, 2.45) is 0 Å². The fourth-order valence-corrected chi connectivity index (χ4v) is 4.96. The molecule has 1 fully saturated rings. The number of aromatic nitrogens is 3. The molecule has 0 amide bonds. The first-order chi connectivity index (χ1) is 16.0. The van der Waals surface area contributed by atoms with Crippen LogP contribution < -0.4 is 10.3 Å². The van der Waals surface area contributed by atoms with Crippen molar-refractivity contribution in [2.45, 2.75) is 50.7 Å².